The Bertz CT molecular complexity index is 703. The molecule has 1 aromatic heterocycles. The van der Waals surface area contributed by atoms with E-state index in [4.69, 9.17) is 9.84 Å². The van der Waals surface area contributed by atoms with Gasteiger partial charge in [-0.15, -0.1) is 0 Å². The van der Waals surface area contributed by atoms with Crippen LogP contribution in [0.5, 0.6) is 5.75 Å². The number of carbonyl (C=O) groups excluding carboxylic acids is 1. The third-order valence-electron chi connectivity index (χ3n) is 2.64. The summed E-state index contributed by atoms with van der Waals surface area (Å²) in [5.74, 6) is -2.41. The van der Waals surface area contributed by atoms with Gasteiger partial charge < -0.3 is 15.2 Å². The first kappa shape index (κ1) is 14.4. The number of hydrogen-bond acceptors (Lipinski definition) is 4. The average molecular weight is 290 g/mol. The third-order valence-corrected chi connectivity index (χ3v) is 2.64. The number of halogens is 1. The lowest BCUT2D eigenvalue weighted by Gasteiger charge is -2.09. The van der Waals surface area contributed by atoms with E-state index in [0.717, 1.165) is 6.07 Å². The van der Waals surface area contributed by atoms with Gasteiger partial charge >= 0.3 is 5.97 Å². The van der Waals surface area contributed by atoms with Crippen molar-refractivity contribution in [3.8, 4) is 5.75 Å². The van der Waals surface area contributed by atoms with Crippen molar-refractivity contribution in [2.75, 3.05) is 12.4 Å². The van der Waals surface area contributed by atoms with Crippen LogP contribution in [0.15, 0.2) is 36.4 Å². The highest BCUT2D eigenvalue weighted by molar-refractivity contribution is 6.03. The number of carboxylic acids is 1. The van der Waals surface area contributed by atoms with Gasteiger partial charge in [0, 0.05) is 11.8 Å². The molecular formula is C14H11FN2O4. The normalized spacial score (nSPS) is 10.0. The molecule has 0 aliphatic carbocycles. The Hall–Kier alpha value is -2.96. The second-order valence-electron chi connectivity index (χ2n) is 4.02. The first-order valence-electron chi connectivity index (χ1n) is 5.86. The van der Waals surface area contributed by atoms with E-state index < -0.39 is 17.8 Å². The summed E-state index contributed by atoms with van der Waals surface area (Å²) in [4.78, 5) is 26.3. The molecule has 1 aromatic carbocycles. The summed E-state index contributed by atoms with van der Waals surface area (Å²) in [5, 5.41) is 11.4. The standard InChI is InChI=1S/C14H11FN2O4/c1-21-11-7-8(5-6-9(11)14(19)20)16-13(18)10-3-2-4-12(15)17-10/h2-7H,1H3,(H,16,18)(H,19,20). The fraction of sp³-hybridized carbons (Fsp3) is 0.0714. The van der Waals surface area contributed by atoms with Gasteiger partial charge in [-0.05, 0) is 24.3 Å². The molecule has 2 N–H and O–H groups in total. The third kappa shape index (κ3) is 3.33. The lowest BCUT2D eigenvalue weighted by molar-refractivity contribution is 0.0693. The number of hydrogen-bond donors (Lipinski definition) is 2. The molecule has 0 bridgehead atoms. The van der Waals surface area contributed by atoms with Crippen molar-refractivity contribution in [3.63, 3.8) is 0 Å². The molecule has 0 radical (unpaired) electrons. The van der Waals surface area contributed by atoms with Crippen LogP contribution in [-0.2, 0) is 0 Å². The molecule has 108 valence electrons. The molecular weight excluding hydrogens is 279 g/mol. The van der Waals surface area contributed by atoms with Crippen molar-refractivity contribution in [1.29, 1.82) is 0 Å². The molecule has 2 rings (SSSR count). The van der Waals surface area contributed by atoms with Crippen LogP contribution < -0.4 is 10.1 Å². The Labute approximate surface area is 119 Å². The van der Waals surface area contributed by atoms with Gasteiger partial charge in [0.25, 0.3) is 5.91 Å². The number of carboxylic acid groups (broad SMARTS) is 1. The van der Waals surface area contributed by atoms with Crippen molar-refractivity contribution in [1.82, 2.24) is 4.98 Å². The summed E-state index contributed by atoms with van der Waals surface area (Å²) in [5.41, 5.74) is 0.198. The molecule has 6 nitrogen and oxygen atoms in total. The maximum absolute atomic E-state index is 13.0. The maximum Gasteiger partial charge on any atom is 0.339 e. The van der Waals surface area contributed by atoms with Crippen LogP contribution in [0.2, 0.25) is 0 Å². The number of ether oxygens (including phenoxy) is 1. The van der Waals surface area contributed by atoms with Crippen molar-refractivity contribution in [2.24, 2.45) is 0 Å². The van der Waals surface area contributed by atoms with Crippen LogP contribution >= 0.6 is 0 Å². The monoisotopic (exact) mass is 290 g/mol. The minimum atomic E-state index is -1.14. The van der Waals surface area contributed by atoms with Crippen molar-refractivity contribution in [2.45, 2.75) is 0 Å². The minimum Gasteiger partial charge on any atom is -0.496 e. The number of benzene rings is 1. The number of aromatic nitrogens is 1. The van der Waals surface area contributed by atoms with E-state index in [1.165, 1.54) is 37.4 Å². The highest BCUT2D eigenvalue weighted by Crippen LogP contribution is 2.23. The van der Waals surface area contributed by atoms with Gasteiger partial charge in [0.1, 0.15) is 17.0 Å². The Morgan fingerprint density at radius 1 is 1.29 bits per heavy atom. The average Bonchev–Trinajstić information content (AvgIpc) is 2.46. The van der Waals surface area contributed by atoms with Gasteiger partial charge in [0.05, 0.1) is 7.11 Å². The van der Waals surface area contributed by atoms with E-state index in [0.29, 0.717) is 5.69 Å². The summed E-state index contributed by atoms with van der Waals surface area (Å²) in [6, 6.07) is 7.92. The van der Waals surface area contributed by atoms with E-state index in [1.807, 2.05) is 0 Å². The summed E-state index contributed by atoms with van der Waals surface area (Å²) in [7, 11) is 1.32. The van der Waals surface area contributed by atoms with Crippen molar-refractivity contribution < 1.29 is 23.8 Å². The number of rotatable bonds is 4. The first-order chi connectivity index (χ1) is 10.0. The Morgan fingerprint density at radius 2 is 2.05 bits per heavy atom. The highest BCUT2D eigenvalue weighted by atomic mass is 19.1. The van der Waals surface area contributed by atoms with Gasteiger partial charge in [-0.25, -0.2) is 9.78 Å². The summed E-state index contributed by atoms with van der Waals surface area (Å²) >= 11 is 0. The Morgan fingerprint density at radius 3 is 2.67 bits per heavy atom. The quantitative estimate of drug-likeness (QED) is 0.842. The van der Waals surface area contributed by atoms with E-state index in [2.05, 4.69) is 10.3 Å². The number of carbonyl (C=O) groups is 2. The fourth-order valence-electron chi connectivity index (χ4n) is 1.68. The van der Waals surface area contributed by atoms with Crippen LogP contribution in [0.3, 0.4) is 0 Å². The number of aromatic carboxylic acids is 1. The molecule has 0 unspecified atom stereocenters. The van der Waals surface area contributed by atoms with E-state index >= 15 is 0 Å². The SMILES string of the molecule is COc1cc(NC(=O)c2cccc(F)n2)ccc1C(=O)O. The maximum atomic E-state index is 13.0. The number of nitrogens with zero attached hydrogens (tertiary/aromatic N) is 1. The summed E-state index contributed by atoms with van der Waals surface area (Å²) in [6.45, 7) is 0. The number of anilines is 1. The summed E-state index contributed by atoms with van der Waals surface area (Å²) in [6.07, 6.45) is 0. The number of pyridine rings is 1. The lowest BCUT2D eigenvalue weighted by atomic mass is 10.2. The zero-order chi connectivity index (χ0) is 15.4. The predicted octanol–water partition coefficient (Wildman–Crippen LogP) is 2.18. The second kappa shape index (κ2) is 6.00. The molecule has 21 heavy (non-hydrogen) atoms. The smallest absolute Gasteiger partial charge is 0.339 e. The van der Waals surface area contributed by atoms with E-state index in [1.54, 1.807) is 0 Å². The first-order valence-corrected chi connectivity index (χ1v) is 5.86. The number of amides is 1. The van der Waals surface area contributed by atoms with E-state index in [-0.39, 0.29) is 17.0 Å². The van der Waals surface area contributed by atoms with Gasteiger partial charge in [0.15, 0.2) is 0 Å². The van der Waals surface area contributed by atoms with Crippen molar-refractivity contribution in [3.05, 3.63) is 53.6 Å². The molecule has 0 saturated carbocycles. The lowest BCUT2D eigenvalue weighted by Crippen LogP contribution is -2.14. The van der Waals surface area contributed by atoms with Crippen LogP contribution in [-0.4, -0.2) is 29.1 Å². The molecule has 0 saturated heterocycles. The summed E-state index contributed by atoms with van der Waals surface area (Å²) < 4.78 is 17.9. The van der Waals surface area contributed by atoms with Gasteiger partial charge in [-0.3, -0.25) is 4.79 Å². The number of nitrogens with one attached hydrogen (secondary N) is 1. The van der Waals surface area contributed by atoms with Gasteiger partial charge in [-0.2, -0.15) is 4.39 Å². The molecule has 0 spiro atoms. The van der Waals surface area contributed by atoms with Crippen molar-refractivity contribution >= 4 is 17.6 Å². The van der Waals surface area contributed by atoms with Gasteiger partial charge in [-0.1, -0.05) is 6.07 Å². The van der Waals surface area contributed by atoms with Crippen LogP contribution in [0.1, 0.15) is 20.8 Å². The fourth-order valence-corrected chi connectivity index (χ4v) is 1.68. The van der Waals surface area contributed by atoms with Crippen LogP contribution in [0, 0.1) is 5.95 Å². The molecule has 1 heterocycles. The molecule has 0 atom stereocenters. The molecule has 7 heteroatoms. The molecule has 2 aromatic rings. The predicted molar refractivity (Wildman–Crippen MR) is 72.1 cm³/mol. The molecule has 0 fully saturated rings. The molecule has 0 aliphatic heterocycles. The molecule has 0 aliphatic rings. The largest absolute Gasteiger partial charge is 0.496 e. The van der Waals surface area contributed by atoms with Crippen LogP contribution in [0.25, 0.3) is 0 Å². The van der Waals surface area contributed by atoms with Crippen LogP contribution in [0.4, 0.5) is 10.1 Å². The Balaban J connectivity index is 2.24. The topological polar surface area (TPSA) is 88.5 Å². The zero-order valence-electron chi connectivity index (χ0n) is 11.0. The second-order valence-corrected chi connectivity index (χ2v) is 4.02. The van der Waals surface area contributed by atoms with E-state index in [9.17, 15) is 14.0 Å². The minimum absolute atomic E-state index is 0.0284. The molecule has 1 amide bonds. The number of methoxy groups -OCH3 is 1. The highest BCUT2D eigenvalue weighted by Gasteiger charge is 2.13. The van der Waals surface area contributed by atoms with Gasteiger partial charge in [0.2, 0.25) is 5.95 Å². The Kier molecular flexibility index (Phi) is 4.13. The zero-order valence-corrected chi connectivity index (χ0v) is 11.0.